The van der Waals surface area contributed by atoms with Crippen LogP contribution in [0.25, 0.3) is 0 Å². The van der Waals surface area contributed by atoms with Gasteiger partial charge < -0.3 is 19.2 Å². The Morgan fingerprint density at radius 2 is 1.75 bits per heavy atom. The molecule has 0 radical (unpaired) electrons. The van der Waals surface area contributed by atoms with Gasteiger partial charge in [0.05, 0.1) is 10.2 Å². The lowest BCUT2D eigenvalue weighted by Crippen LogP contribution is -2.60. The first-order valence-corrected chi connectivity index (χ1v) is 8.57. The fourth-order valence-electron chi connectivity index (χ4n) is 1.95. The normalized spacial score (nSPS) is 22.5. The van der Waals surface area contributed by atoms with Crippen LogP contribution < -0.4 is 5.30 Å². The lowest BCUT2D eigenvalue weighted by atomic mass is 10.2. The minimum absolute atomic E-state index is 0.143. The third kappa shape index (κ3) is 3.46. The van der Waals surface area contributed by atoms with Crippen molar-refractivity contribution in [3.63, 3.8) is 0 Å². The standard InChI is InChI=1S/C13H18N3O7P/c1-12(2)22-9-13(10-23-12,16(18)19)15(17)14-24(20,21-3)11-7-5-4-6-8-11/h4-8H,9-10H2,1-3H3. The van der Waals surface area contributed by atoms with E-state index >= 15 is 0 Å². The number of hydrogen-bond acceptors (Lipinski definition) is 7. The molecule has 0 bridgehead atoms. The fraction of sp³-hybridized carbons (Fsp3) is 0.538. The molecule has 11 heteroatoms. The van der Waals surface area contributed by atoms with E-state index in [0.29, 0.717) is 0 Å². The maximum atomic E-state index is 12.8. The lowest BCUT2D eigenvalue weighted by molar-refractivity contribution is -0.824. The van der Waals surface area contributed by atoms with Gasteiger partial charge in [-0.15, -0.1) is 0 Å². The quantitative estimate of drug-likeness (QED) is 0.196. The number of hydrogen-bond donors (Lipinski definition) is 0. The second kappa shape index (κ2) is 6.56. The molecule has 1 aliphatic heterocycles. The van der Waals surface area contributed by atoms with E-state index in [0.717, 1.165) is 7.11 Å². The molecule has 1 aromatic carbocycles. The summed E-state index contributed by atoms with van der Waals surface area (Å²) in [5.41, 5.74) is -2.33. The van der Waals surface area contributed by atoms with Crippen LogP contribution in [-0.4, -0.2) is 41.6 Å². The number of ether oxygens (including phenoxy) is 2. The number of nitro groups is 1. The van der Waals surface area contributed by atoms with Crippen LogP contribution in [0.15, 0.2) is 35.2 Å². The Bertz CT molecular complexity index is 682. The van der Waals surface area contributed by atoms with Gasteiger partial charge in [0.2, 0.25) is 0 Å². The molecule has 2 rings (SSSR count). The van der Waals surface area contributed by atoms with E-state index in [1.807, 2.05) is 0 Å². The van der Waals surface area contributed by atoms with Crippen LogP contribution in [-0.2, 0) is 18.6 Å². The van der Waals surface area contributed by atoms with Gasteiger partial charge in [-0.05, 0) is 30.8 Å². The molecule has 1 unspecified atom stereocenters. The lowest BCUT2D eigenvalue weighted by Gasteiger charge is -2.34. The number of hydroxylamine groups is 1. The Morgan fingerprint density at radius 3 is 2.21 bits per heavy atom. The predicted molar refractivity (Wildman–Crippen MR) is 82.5 cm³/mol. The molecule has 10 nitrogen and oxygen atoms in total. The molecular formula is C13H18N3O7P. The second-order valence-corrected chi connectivity index (χ2v) is 7.72. The largest absolute Gasteiger partial charge is 0.594 e. The maximum absolute atomic E-state index is 12.8. The van der Waals surface area contributed by atoms with Crippen molar-refractivity contribution < 1.29 is 28.3 Å². The first-order valence-electron chi connectivity index (χ1n) is 7.00. The highest BCUT2D eigenvalue weighted by Gasteiger charge is 2.60. The van der Waals surface area contributed by atoms with E-state index in [1.54, 1.807) is 32.0 Å². The zero-order chi connectivity index (χ0) is 18.0. The van der Waals surface area contributed by atoms with Crippen LogP contribution >= 0.6 is 7.52 Å². The van der Waals surface area contributed by atoms with Crippen molar-refractivity contribution >= 4 is 12.8 Å². The summed E-state index contributed by atoms with van der Waals surface area (Å²) in [5.74, 6) is -1.06. The Kier molecular flexibility index (Phi) is 5.05. The van der Waals surface area contributed by atoms with Crippen molar-refractivity contribution in [2.45, 2.75) is 25.3 Å². The molecule has 0 amide bonds. The minimum atomic E-state index is -3.97. The average molecular weight is 359 g/mol. The molecule has 132 valence electrons. The smallest absolute Gasteiger partial charge is 0.484 e. The van der Waals surface area contributed by atoms with Crippen molar-refractivity contribution in [3.05, 3.63) is 45.7 Å². The molecule has 1 atom stereocenters. The number of benzene rings is 1. The molecule has 1 aliphatic rings. The van der Waals surface area contributed by atoms with Crippen LogP contribution in [0.2, 0.25) is 0 Å². The van der Waals surface area contributed by atoms with Gasteiger partial charge in [0.1, 0.15) is 4.92 Å². The molecule has 0 aliphatic carbocycles. The highest BCUT2D eigenvalue weighted by molar-refractivity contribution is 7.65. The Hall–Kier alpha value is -1.87. The van der Waals surface area contributed by atoms with E-state index in [2.05, 4.69) is 4.88 Å². The number of rotatable bonds is 5. The van der Waals surface area contributed by atoms with Crippen LogP contribution in [0.4, 0.5) is 0 Å². The molecule has 0 N–H and O–H groups in total. The molecule has 0 saturated carbocycles. The third-order valence-corrected chi connectivity index (χ3v) is 5.37. The highest BCUT2D eigenvalue weighted by Crippen LogP contribution is 2.47. The summed E-state index contributed by atoms with van der Waals surface area (Å²) in [4.78, 5) is 13.8. The SMILES string of the molecule is COP(=O)(N=[N+]([O-])C1([N+](=O)[O-])COC(C)(C)OC1)c1ccccc1. The Labute approximate surface area is 138 Å². The van der Waals surface area contributed by atoms with Gasteiger partial charge in [0, 0.05) is 7.11 Å². The second-order valence-electron chi connectivity index (χ2n) is 5.62. The zero-order valence-corrected chi connectivity index (χ0v) is 14.3. The van der Waals surface area contributed by atoms with E-state index in [4.69, 9.17) is 14.0 Å². The van der Waals surface area contributed by atoms with Crippen LogP contribution in [0.3, 0.4) is 0 Å². The van der Waals surface area contributed by atoms with Crippen molar-refractivity contribution in [3.8, 4) is 0 Å². The summed E-state index contributed by atoms with van der Waals surface area (Å²) in [7, 11) is -2.85. The highest BCUT2D eigenvalue weighted by atomic mass is 31.2. The maximum Gasteiger partial charge on any atom is 0.484 e. The van der Waals surface area contributed by atoms with Crippen molar-refractivity contribution in [1.82, 2.24) is 0 Å². The summed E-state index contributed by atoms with van der Waals surface area (Å²) in [6.45, 7) is 1.98. The van der Waals surface area contributed by atoms with E-state index in [1.165, 1.54) is 12.1 Å². The Balaban J connectivity index is 2.43. The summed E-state index contributed by atoms with van der Waals surface area (Å²) < 4.78 is 28.1. The van der Waals surface area contributed by atoms with Crippen molar-refractivity contribution in [2.24, 2.45) is 4.88 Å². The first kappa shape index (κ1) is 18.5. The first-order chi connectivity index (χ1) is 11.2. The van der Waals surface area contributed by atoms with Crippen LogP contribution in [0.1, 0.15) is 13.8 Å². The summed E-state index contributed by atoms with van der Waals surface area (Å²) in [6.07, 6.45) is 0. The zero-order valence-electron chi connectivity index (χ0n) is 13.4. The molecule has 1 heterocycles. The van der Waals surface area contributed by atoms with Crippen molar-refractivity contribution in [2.75, 3.05) is 20.3 Å². The monoisotopic (exact) mass is 359 g/mol. The predicted octanol–water partition coefficient (Wildman–Crippen LogP) is 1.87. The van der Waals surface area contributed by atoms with Gasteiger partial charge in [0.15, 0.2) is 19.0 Å². The fourth-order valence-corrected chi connectivity index (χ4v) is 3.26. The average Bonchev–Trinajstić information content (AvgIpc) is 2.55. The van der Waals surface area contributed by atoms with Gasteiger partial charge >= 0.3 is 13.2 Å². The van der Waals surface area contributed by atoms with Crippen LogP contribution in [0.5, 0.6) is 0 Å². The third-order valence-electron chi connectivity index (χ3n) is 3.53. The topological polar surface area (TPSA) is 126 Å². The van der Waals surface area contributed by atoms with Gasteiger partial charge in [-0.2, -0.15) is 0 Å². The summed E-state index contributed by atoms with van der Waals surface area (Å²) in [5, 5.41) is 24.0. The Morgan fingerprint density at radius 1 is 1.21 bits per heavy atom. The molecule has 1 saturated heterocycles. The summed E-state index contributed by atoms with van der Waals surface area (Å²) in [6, 6.07) is 7.77. The van der Waals surface area contributed by atoms with Gasteiger partial charge in [0.25, 0.3) is 0 Å². The molecule has 1 aromatic rings. The molecule has 0 aromatic heterocycles. The minimum Gasteiger partial charge on any atom is -0.594 e. The van der Waals surface area contributed by atoms with E-state index < -0.39 is 37.1 Å². The summed E-state index contributed by atoms with van der Waals surface area (Å²) >= 11 is 0. The van der Waals surface area contributed by atoms with Gasteiger partial charge in [-0.3, -0.25) is 14.7 Å². The van der Waals surface area contributed by atoms with Gasteiger partial charge in [-0.25, -0.2) is 0 Å². The van der Waals surface area contributed by atoms with E-state index in [-0.39, 0.29) is 10.2 Å². The molecule has 0 spiro atoms. The number of nitrogens with zero attached hydrogens (tertiary/aromatic N) is 3. The van der Waals surface area contributed by atoms with Gasteiger partial charge in [-0.1, -0.05) is 18.2 Å². The molecule has 1 fully saturated rings. The molecule has 24 heavy (non-hydrogen) atoms. The van der Waals surface area contributed by atoms with E-state index in [9.17, 15) is 19.9 Å². The van der Waals surface area contributed by atoms with Crippen LogP contribution in [0, 0.1) is 15.3 Å². The van der Waals surface area contributed by atoms with Crippen molar-refractivity contribution in [1.29, 1.82) is 0 Å². The molecular weight excluding hydrogens is 341 g/mol.